The van der Waals surface area contributed by atoms with Gasteiger partial charge in [0, 0.05) is 38.8 Å². The number of nitrogens with zero attached hydrogens (tertiary/aromatic N) is 3. The monoisotopic (exact) mass is 505 g/mol. The Labute approximate surface area is 209 Å². The van der Waals surface area contributed by atoms with Gasteiger partial charge in [-0.1, -0.05) is 49.0 Å². The summed E-state index contributed by atoms with van der Waals surface area (Å²) in [7, 11) is 3.82. The summed E-state index contributed by atoms with van der Waals surface area (Å²) in [6, 6.07) is 12.9. The van der Waals surface area contributed by atoms with E-state index in [0.29, 0.717) is 41.9 Å². The van der Waals surface area contributed by atoms with Crippen LogP contribution >= 0.6 is 11.6 Å². The third-order valence-electron chi connectivity index (χ3n) is 5.87. The molecule has 3 rings (SSSR count). The van der Waals surface area contributed by atoms with Gasteiger partial charge in [-0.2, -0.15) is 13.2 Å². The van der Waals surface area contributed by atoms with E-state index in [4.69, 9.17) is 17.3 Å². The summed E-state index contributed by atoms with van der Waals surface area (Å²) >= 11 is 6.03. The quantitative estimate of drug-likeness (QED) is 0.482. The zero-order valence-corrected chi connectivity index (χ0v) is 20.8. The molecule has 0 amide bonds. The number of nitrogens with one attached hydrogen (secondary N) is 1. The van der Waals surface area contributed by atoms with E-state index in [1.54, 1.807) is 6.07 Å². The molecular weight excluding hydrogens is 475 g/mol. The van der Waals surface area contributed by atoms with Crippen molar-refractivity contribution in [3.63, 3.8) is 0 Å². The van der Waals surface area contributed by atoms with Crippen molar-refractivity contribution < 1.29 is 13.2 Å². The summed E-state index contributed by atoms with van der Waals surface area (Å²) in [5.74, 6) is 1.41. The van der Waals surface area contributed by atoms with Crippen LogP contribution in [-0.4, -0.2) is 41.9 Å². The lowest BCUT2D eigenvalue weighted by atomic mass is 10.1. The highest BCUT2D eigenvalue weighted by Crippen LogP contribution is 2.33. The highest BCUT2D eigenvalue weighted by Gasteiger charge is 2.32. The fraction of sp³-hybridized carbons (Fsp3) is 0.308. The predicted molar refractivity (Wildman–Crippen MR) is 135 cm³/mol. The van der Waals surface area contributed by atoms with Crippen LogP contribution < -0.4 is 11.1 Å². The van der Waals surface area contributed by atoms with Gasteiger partial charge in [0.2, 0.25) is 0 Å². The molecule has 0 aromatic heterocycles. The first-order valence-corrected chi connectivity index (χ1v) is 11.6. The molecule has 5 nitrogen and oxygen atoms in total. The normalized spacial score (nSPS) is 14.6. The van der Waals surface area contributed by atoms with Crippen LogP contribution in [0, 0.1) is 0 Å². The lowest BCUT2D eigenvalue weighted by molar-refractivity contribution is -0.137. The van der Waals surface area contributed by atoms with Gasteiger partial charge in [0.25, 0.3) is 0 Å². The Kier molecular flexibility index (Phi) is 8.40. The Balaban J connectivity index is 1.95. The molecule has 1 aliphatic heterocycles. The number of benzene rings is 2. The van der Waals surface area contributed by atoms with Gasteiger partial charge >= 0.3 is 6.18 Å². The number of hydrogen-bond acceptors (Lipinski definition) is 5. The van der Waals surface area contributed by atoms with Crippen molar-refractivity contribution in [3.8, 4) is 0 Å². The summed E-state index contributed by atoms with van der Waals surface area (Å²) in [5, 5.41) is 3.99. The summed E-state index contributed by atoms with van der Waals surface area (Å²) < 4.78 is 39.5. The van der Waals surface area contributed by atoms with Gasteiger partial charge in [-0.15, -0.1) is 0 Å². The molecule has 0 saturated heterocycles. The average Bonchev–Trinajstić information content (AvgIpc) is 2.81. The molecule has 1 heterocycles. The van der Waals surface area contributed by atoms with E-state index in [9.17, 15) is 13.2 Å². The van der Waals surface area contributed by atoms with Gasteiger partial charge in [0.05, 0.1) is 11.3 Å². The van der Waals surface area contributed by atoms with Crippen molar-refractivity contribution in [1.82, 2.24) is 20.0 Å². The van der Waals surface area contributed by atoms with E-state index >= 15 is 0 Å². The number of alkyl halides is 3. The Bertz CT molecular complexity index is 1090. The Hall–Kier alpha value is -3.10. The minimum atomic E-state index is -4.40. The van der Waals surface area contributed by atoms with Crippen LogP contribution in [0.25, 0.3) is 0 Å². The number of nitrogens with two attached hydrogens (primary N) is 1. The van der Waals surface area contributed by atoms with E-state index in [2.05, 4.69) is 23.4 Å². The summed E-state index contributed by atoms with van der Waals surface area (Å²) in [5.41, 5.74) is 8.19. The molecule has 2 aromatic rings. The minimum Gasteiger partial charge on any atom is -0.366 e. The van der Waals surface area contributed by atoms with Gasteiger partial charge < -0.3 is 25.8 Å². The number of likely N-dealkylation sites (N-methyl/N-ethyl adjacent to an activating group) is 1. The third-order valence-corrected chi connectivity index (χ3v) is 6.12. The second-order valence-corrected chi connectivity index (χ2v) is 8.88. The van der Waals surface area contributed by atoms with Gasteiger partial charge in [-0.25, -0.2) is 0 Å². The molecule has 0 atom stereocenters. The first-order valence-electron chi connectivity index (χ1n) is 11.2. The molecule has 0 bridgehead atoms. The molecular formula is C26H31ClF3N5. The van der Waals surface area contributed by atoms with Crippen LogP contribution in [0.5, 0.6) is 0 Å². The first-order chi connectivity index (χ1) is 16.5. The molecule has 188 valence electrons. The smallest absolute Gasteiger partial charge is 0.366 e. The van der Waals surface area contributed by atoms with Gasteiger partial charge in [-0.05, 0) is 48.4 Å². The Morgan fingerprint density at radius 3 is 2.40 bits per heavy atom. The molecule has 2 aromatic carbocycles. The van der Waals surface area contributed by atoms with Gasteiger partial charge in [-0.3, -0.25) is 0 Å². The summed E-state index contributed by atoms with van der Waals surface area (Å²) in [4.78, 5) is 5.96. The maximum atomic E-state index is 13.2. The Morgan fingerprint density at radius 1 is 1.09 bits per heavy atom. The van der Waals surface area contributed by atoms with Crippen LogP contribution in [0.1, 0.15) is 23.1 Å². The molecule has 9 heteroatoms. The molecule has 0 fully saturated rings. The molecule has 0 unspecified atom stereocenters. The van der Waals surface area contributed by atoms with Crippen LogP contribution in [0.4, 0.5) is 13.2 Å². The second kappa shape index (κ2) is 11.1. The number of hydrogen-bond donors (Lipinski definition) is 2. The van der Waals surface area contributed by atoms with Crippen molar-refractivity contribution in [3.05, 3.63) is 106 Å². The molecule has 0 saturated carbocycles. The van der Waals surface area contributed by atoms with E-state index in [1.807, 2.05) is 48.2 Å². The standard InChI is InChI=1S/C26H31ClF3N5/c1-18-24(33(3)17-20-9-11-23(27)12-10-20)25(34(4)19(2)35(18)14-6-13-31)32-16-21-7-5-8-22(15-21)26(28,29)30/h5,7-12,15,32H,1-2,6,13-14,16-17,31H2,3-4H3. The lowest BCUT2D eigenvalue weighted by Gasteiger charge is -2.44. The topological polar surface area (TPSA) is 47.8 Å². The van der Waals surface area contributed by atoms with Crippen LogP contribution in [0.15, 0.2) is 84.7 Å². The van der Waals surface area contributed by atoms with Crippen LogP contribution in [0.3, 0.4) is 0 Å². The van der Waals surface area contributed by atoms with E-state index in [1.165, 1.54) is 6.07 Å². The maximum Gasteiger partial charge on any atom is 0.416 e. The van der Waals surface area contributed by atoms with Crippen molar-refractivity contribution in [2.45, 2.75) is 25.7 Å². The summed E-state index contributed by atoms with van der Waals surface area (Å²) in [6.45, 7) is 10.5. The minimum absolute atomic E-state index is 0.200. The molecule has 0 spiro atoms. The Morgan fingerprint density at radius 2 is 1.77 bits per heavy atom. The molecule has 1 aliphatic rings. The maximum absolute atomic E-state index is 13.2. The SMILES string of the molecule is C=C1C(N(C)Cc2ccc(Cl)cc2)=C(NCc2cccc(C(F)(F)F)c2)N(C)C(=C)N1CCCN. The number of halogens is 4. The fourth-order valence-corrected chi connectivity index (χ4v) is 4.12. The summed E-state index contributed by atoms with van der Waals surface area (Å²) in [6.07, 6.45) is -3.64. The third kappa shape index (κ3) is 6.32. The fourth-order valence-electron chi connectivity index (χ4n) is 3.99. The number of rotatable bonds is 9. The van der Waals surface area contributed by atoms with Crippen molar-refractivity contribution >= 4 is 11.6 Å². The molecule has 0 radical (unpaired) electrons. The van der Waals surface area contributed by atoms with Crippen molar-refractivity contribution in [1.29, 1.82) is 0 Å². The van der Waals surface area contributed by atoms with Crippen molar-refractivity contribution in [2.75, 3.05) is 27.2 Å². The first kappa shape index (κ1) is 26.5. The van der Waals surface area contributed by atoms with Gasteiger partial charge in [0.1, 0.15) is 17.3 Å². The van der Waals surface area contributed by atoms with E-state index in [0.717, 1.165) is 35.5 Å². The zero-order chi connectivity index (χ0) is 25.8. The lowest BCUT2D eigenvalue weighted by Crippen LogP contribution is -2.45. The average molecular weight is 506 g/mol. The zero-order valence-electron chi connectivity index (χ0n) is 20.0. The predicted octanol–water partition coefficient (Wildman–Crippen LogP) is 5.33. The van der Waals surface area contributed by atoms with E-state index < -0.39 is 11.7 Å². The molecule has 0 aliphatic carbocycles. The molecule has 3 N–H and O–H groups in total. The largest absolute Gasteiger partial charge is 0.416 e. The van der Waals surface area contributed by atoms with Crippen LogP contribution in [0.2, 0.25) is 5.02 Å². The highest BCUT2D eigenvalue weighted by atomic mass is 35.5. The molecule has 35 heavy (non-hydrogen) atoms. The second-order valence-electron chi connectivity index (χ2n) is 8.45. The van der Waals surface area contributed by atoms with Gasteiger partial charge in [0.15, 0.2) is 0 Å². The highest BCUT2D eigenvalue weighted by molar-refractivity contribution is 6.30. The van der Waals surface area contributed by atoms with E-state index in [-0.39, 0.29) is 6.54 Å². The van der Waals surface area contributed by atoms with Crippen molar-refractivity contribution in [2.24, 2.45) is 5.73 Å². The van der Waals surface area contributed by atoms with Crippen LogP contribution in [-0.2, 0) is 19.3 Å².